The van der Waals surface area contributed by atoms with E-state index in [1.165, 1.54) is 14.1 Å². The lowest BCUT2D eigenvalue weighted by atomic mass is 10.0. The minimum atomic E-state index is -3.58. The molecule has 0 aliphatic carbocycles. The first-order valence-corrected chi connectivity index (χ1v) is 11.7. The zero-order chi connectivity index (χ0) is 25.8. The molecule has 2 heterocycles. The van der Waals surface area contributed by atoms with Crippen molar-refractivity contribution in [3.05, 3.63) is 47.5 Å². The molecule has 1 saturated heterocycles. The number of rotatable bonds is 6. The molecule has 0 bridgehead atoms. The molecule has 1 amide bonds. The average Bonchev–Trinajstić information content (AvgIpc) is 3.07. The van der Waals surface area contributed by atoms with Gasteiger partial charge in [0.2, 0.25) is 0 Å². The predicted molar refractivity (Wildman–Crippen MR) is 113 cm³/mol. The second-order valence-electron chi connectivity index (χ2n) is 6.92. The number of halogens is 5. The first-order valence-electron chi connectivity index (χ1n) is 9.49. The zero-order valence-electron chi connectivity index (χ0n) is 17.8. The van der Waals surface area contributed by atoms with Crippen molar-refractivity contribution in [2.45, 2.75) is 23.3 Å². The van der Waals surface area contributed by atoms with E-state index in [1.54, 1.807) is 0 Å². The zero-order valence-corrected chi connectivity index (χ0v) is 19.5. The maximum atomic E-state index is 14.8. The molecule has 1 aliphatic heterocycles. The van der Waals surface area contributed by atoms with Gasteiger partial charge >= 0.3 is 0 Å². The first-order chi connectivity index (χ1) is 15.9. The topological polar surface area (TPSA) is 133 Å². The van der Waals surface area contributed by atoms with Crippen molar-refractivity contribution in [1.29, 1.82) is 0 Å². The number of benzene rings is 1. The number of hydrogen-bond donors (Lipinski definition) is 3. The molecular formula is C18H21F5N5O4S2-. The molecule has 0 radical (unpaired) electrons. The molecule has 9 nitrogen and oxygen atoms in total. The molecule has 1 aliphatic rings. The van der Waals surface area contributed by atoms with Crippen LogP contribution in [0.3, 0.4) is 0 Å². The number of carbonyl (C=O) groups excluding carboxylic acids is 1. The number of hydrogen-bond acceptors (Lipinski definition) is 5. The predicted octanol–water partition coefficient (Wildman–Crippen LogP) is 1.39. The van der Waals surface area contributed by atoms with Crippen LogP contribution in [0.5, 0.6) is 0 Å². The van der Waals surface area contributed by atoms with Gasteiger partial charge in [0.05, 0.1) is 12.6 Å². The molecule has 1 aromatic heterocycles. The highest BCUT2D eigenvalue weighted by atomic mass is 32.2. The molecule has 0 spiro atoms. The number of nitrogens with one attached hydrogen (secondary N) is 2. The Balaban J connectivity index is 0.00000199. The molecule has 3 rings (SSSR count). The van der Waals surface area contributed by atoms with Crippen LogP contribution >= 0.6 is 0 Å². The van der Waals surface area contributed by atoms with Gasteiger partial charge in [0.15, 0.2) is 17.5 Å². The molecule has 34 heavy (non-hydrogen) atoms. The van der Waals surface area contributed by atoms with Gasteiger partial charge in [-0.25, -0.2) is 35.2 Å². The molecule has 2 aromatic rings. The third-order valence-electron chi connectivity index (χ3n) is 4.70. The number of amides is 1. The summed E-state index contributed by atoms with van der Waals surface area (Å²) < 4.78 is 107. The number of carbonyl (C=O) groups is 1. The summed E-state index contributed by atoms with van der Waals surface area (Å²) in [6.07, 6.45) is 0.573. The Kier molecular flexibility index (Phi) is 9.44. The van der Waals surface area contributed by atoms with Gasteiger partial charge < -0.3 is 20.2 Å². The lowest BCUT2D eigenvalue weighted by Crippen LogP contribution is -2.57. The van der Waals surface area contributed by atoms with Gasteiger partial charge in [-0.1, -0.05) is 0 Å². The minimum Gasteiger partial charge on any atom is -0.760 e. The normalized spacial score (nSPS) is 19.6. The van der Waals surface area contributed by atoms with Gasteiger partial charge in [-0.15, -0.1) is 0 Å². The molecule has 0 saturated carbocycles. The van der Waals surface area contributed by atoms with Crippen molar-refractivity contribution in [1.82, 2.24) is 13.6 Å². The van der Waals surface area contributed by atoms with Crippen LogP contribution in [0.15, 0.2) is 29.3 Å². The number of nitrogens with two attached hydrogens (primary N) is 1. The highest BCUT2D eigenvalue weighted by molar-refractivity contribution is 7.83. The van der Waals surface area contributed by atoms with Gasteiger partial charge in [-0.2, -0.15) is 0 Å². The van der Waals surface area contributed by atoms with E-state index in [2.05, 4.69) is 15.8 Å². The van der Waals surface area contributed by atoms with Crippen molar-refractivity contribution in [2.75, 3.05) is 25.5 Å². The van der Waals surface area contributed by atoms with E-state index in [0.717, 1.165) is 22.9 Å². The second kappa shape index (κ2) is 11.5. The van der Waals surface area contributed by atoms with Crippen LogP contribution in [0.25, 0.3) is 0 Å². The number of anilines is 1. The summed E-state index contributed by atoms with van der Waals surface area (Å²) in [5.74, 6) is -8.31. The summed E-state index contributed by atoms with van der Waals surface area (Å²) >= 11 is -2.84. The van der Waals surface area contributed by atoms with E-state index < -0.39 is 74.7 Å². The van der Waals surface area contributed by atoms with E-state index in [1.807, 2.05) is 0 Å². The smallest absolute Gasteiger partial charge is 0.277 e. The maximum Gasteiger partial charge on any atom is 0.277 e. The van der Waals surface area contributed by atoms with E-state index >= 15 is 0 Å². The summed E-state index contributed by atoms with van der Waals surface area (Å²) in [6.45, 7) is -1.38. The molecule has 3 unspecified atom stereocenters. The van der Waals surface area contributed by atoms with Crippen LogP contribution < -0.4 is 15.8 Å². The van der Waals surface area contributed by atoms with Gasteiger partial charge in [-0.05, 0) is 25.6 Å². The monoisotopic (exact) mass is 530 g/mol. The number of aromatic nitrogens is 1. The van der Waals surface area contributed by atoms with E-state index in [9.17, 15) is 39.7 Å². The van der Waals surface area contributed by atoms with Crippen LogP contribution in [0, 0.1) is 17.5 Å². The van der Waals surface area contributed by atoms with Crippen LogP contribution in [0.1, 0.15) is 16.9 Å². The minimum absolute atomic E-state index is 0.169. The Hall–Kier alpha value is -2.24. The lowest BCUT2D eigenvalue weighted by molar-refractivity contribution is -0.0653. The van der Waals surface area contributed by atoms with Gasteiger partial charge in [-0.3, -0.25) is 9.00 Å². The van der Waals surface area contributed by atoms with E-state index in [-0.39, 0.29) is 18.7 Å². The summed E-state index contributed by atoms with van der Waals surface area (Å²) in [7, 11) is 0.228. The third kappa shape index (κ3) is 6.25. The Labute approximate surface area is 196 Å². The fourth-order valence-corrected chi connectivity index (χ4v) is 4.82. The Morgan fingerprint density at radius 1 is 1.21 bits per heavy atom. The molecule has 4 N–H and O–H groups in total. The van der Waals surface area contributed by atoms with Gasteiger partial charge in [0.1, 0.15) is 21.6 Å². The van der Waals surface area contributed by atoms with Crippen LogP contribution in [0.2, 0.25) is 0 Å². The Morgan fingerprint density at radius 3 is 2.41 bits per heavy atom. The largest absolute Gasteiger partial charge is 0.760 e. The lowest BCUT2D eigenvalue weighted by Gasteiger charge is -2.38. The van der Waals surface area contributed by atoms with Crippen molar-refractivity contribution in [3.63, 3.8) is 0 Å². The summed E-state index contributed by atoms with van der Waals surface area (Å²) in [5, 5.41) is 2.16. The summed E-state index contributed by atoms with van der Waals surface area (Å²) in [6, 6.07) is 0.770. The third-order valence-corrected chi connectivity index (χ3v) is 6.62. The fourth-order valence-electron chi connectivity index (χ4n) is 3.10. The van der Waals surface area contributed by atoms with Crippen molar-refractivity contribution in [2.24, 2.45) is 12.8 Å². The first kappa shape index (κ1) is 28.0. The Bertz CT molecular complexity index is 1100. The standard InChI is InChI=1S/C17H17F5N4O4S2.CH5N/c1-25-7-12(31(28)24-13-4-5-26(32(29)30)8-17(13,21)22)14(20)15(25)16(27)23-9-2-3-10(18)11(19)6-9;1-2/h2-3,6-7,13,24H,4-5,8H2,1H3,(H,23,27)(H,29,30);2H2,1H3/p-1. The average molecular weight is 531 g/mol. The Morgan fingerprint density at radius 2 is 1.85 bits per heavy atom. The van der Waals surface area contributed by atoms with Gasteiger partial charge in [0.25, 0.3) is 11.8 Å². The molecule has 190 valence electrons. The number of aryl methyl sites for hydroxylation is 1. The van der Waals surface area contributed by atoms with Crippen LogP contribution in [0.4, 0.5) is 27.6 Å². The van der Waals surface area contributed by atoms with Crippen molar-refractivity contribution in [3.8, 4) is 0 Å². The molecular weight excluding hydrogens is 509 g/mol. The highest BCUT2D eigenvalue weighted by Gasteiger charge is 2.46. The highest BCUT2D eigenvalue weighted by Crippen LogP contribution is 2.29. The molecule has 16 heteroatoms. The van der Waals surface area contributed by atoms with Crippen molar-refractivity contribution < 1.29 is 39.7 Å². The van der Waals surface area contributed by atoms with E-state index in [4.69, 9.17) is 0 Å². The quantitative estimate of drug-likeness (QED) is 0.384. The van der Waals surface area contributed by atoms with E-state index in [0.29, 0.717) is 10.4 Å². The molecule has 1 aromatic carbocycles. The summed E-state index contributed by atoms with van der Waals surface area (Å²) in [4.78, 5) is 11.8. The van der Waals surface area contributed by atoms with Crippen molar-refractivity contribution >= 4 is 33.8 Å². The fraction of sp³-hybridized carbons (Fsp3) is 0.389. The summed E-state index contributed by atoms with van der Waals surface area (Å²) in [5.41, 5.74) is 3.71. The molecule has 1 fully saturated rings. The van der Waals surface area contributed by atoms with Crippen LogP contribution in [-0.4, -0.2) is 59.9 Å². The number of piperidine rings is 1. The maximum absolute atomic E-state index is 14.8. The van der Waals surface area contributed by atoms with Crippen LogP contribution in [-0.2, 0) is 29.3 Å². The van der Waals surface area contributed by atoms with Gasteiger partial charge in [0, 0.05) is 42.8 Å². The molecule has 3 atom stereocenters. The number of nitrogens with zero attached hydrogens (tertiary/aromatic N) is 2. The second-order valence-corrected chi connectivity index (χ2v) is 9.08. The SMILES string of the molecule is CN.Cn1cc(S(=O)NC2CCN(S(=O)[O-])CC2(F)F)c(F)c1C(=O)Nc1ccc(F)c(F)c1. The number of alkyl halides is 2.